The fourth-order valence-electron chi connectivity index (χ4n) is 7.93. The Bertz CT molecular complexity index is 467. The van der Waals surface area contributed by atoms with Crippen LogP contribution in [0, 0.1) is 0 Å². The van der Waals surface area contributed by atoms with Crippen molar-refractivity contribution < 1.29 is 0 Å². The van der Waals surface area contributed by atoms with E-state index in [0.29, 0.717) is 0 Å². The van der Waals surface area contributed by atoms with Gasteiger partial charge in [0.1, 0.15) is 19.6 Å². The lowest BCUT2D eigenvalue weighted by molar-refractivity contribution is 0.366. The summed E-state index contributed by atoms with van der Waals surface area (Å²) in [7, 11) is 0. The van der Waals surface area contributed by atoms with Gasteiger partial charge in [-0.05, 0) is 19.3 Å². The molecule has 0 rings (SSSR count). The van der Waals surface area contributed by atoms with Gasteiger partial charge in [0, 0.05) is 19.3 Å². The van der Waals surface area contributed by atoms with Gasteiger partial charge in [0.25, 0.3) is 0 Å². The maximum absolute atomic E-state index is 2.88. The van der Waals surface area contributed by atoms with Crippen molar-refractivity contribution >= 4 is 0 Å². The lowest BCUT2D eigenvalue weighted by atomic mass is 10.0. The normalized spacial score (nSPS) is 11.8. The Morgan fingerprint density at radius 3 is 0.429 bits per heavy atom. The maximum atomic E-state index is 2.88. The van der Waals surface area contributed by atoms with Crippen molar-refractivity contribution in [2.24, 2.45) is 0 Å². The Morgan fingerprint density at radius 2 is 0.286 bits per heavy atom. The van der Waals surface area contributed by atoms with Crippen molar-refractivity contribution in [3.63, 3.8) is 0 Å². The standard InChI is InChI=1S/C48H99N/c1-4-7-10-13-16-19-22-25-28-31-34-37-40-43-46-49(47-44-41-38-35-32-29-26-23-20-17-14-11-8-5-2)48-45-42-39-36-33-30-27-24-21-18-15-12-9-6-3/h4-48H2,1-3H3/q+1. The third kappa shape index (κ3) is 44.0. The summed E-state index contributed by atoms with van der Waals surface area (Å²) in [5.41, 5.74) is 0. The average molecular weight is 690 g/mol. The van der Waals surface area contributed by atoms with Crippen LogP contribution in [0.15, 0.2) is 0 Å². The molecule has 0 saturated carbocycles. The largest absolute Gasteiger partial charge is 0.170 e. The smallest absolute Gasteiger partial charge is 0.122 e. The van der Waals surface area contributed by atoms with Crippen LogP contribution in [0.4, 0.5) is 0 Å². The van der Waals surface area contributed by atoms with E-state index in [4.69, 9.17) is 0 Å². The molecule has 0 bridgehead atoms. The molecule has 0 aliphatic heterocycles. The van der Waals surface area contributed by atoms with Gasteiger partial charge >= 0.3 is 0 Å². The Morgan fingerprint density at radius 1 is 0.163 bits per heavy atom. The molecule has 0 aromatic carbocycles. The molecule has 0 heterocycles. The topological polar surface area (TPSA) is 5.90 Å². The minimum Gasteiger partial charge on any atom is -0.170 e. The molecule has 1 radical (unpaired) electrons. The molecule has 0 aromatic rings. The van der Waals surface area contributed by atoms with Crippen LogP contribution in [0.2, 0.25) is 0 Å². The van der Waals surface area contributed by atoms with E-state index >= 15 is 0 Å². The first kappa shape index (κ1) is 49.0. The molecule has 0 aromatic heterocycles. The Hall–Kier alpha value is -0.0400. The molecule has 0 N–H and O–H groups in total. The van der Waals surface area contributed by atoms with Gasteiger partial charge in [0.2, 0.25) is 0 Å². The quantitative estimate of drug-likeness (QED) is 0.0443. The minimum atomic E-state index is 1.37. The summed E-state index contributed by atoms with van der Waals surface area (Å²) >= 11 is 0. The third-order valence-corrected chi connectivity index (χ3v) is 11.5. The van der Waals surface area contributed by atoms with E-state index in [9.17, 15) is 0 Å². The first-order valence-corrected chi connectivity index (χ1v) is 24.1. The van der Waals surface area contributed by atoms with Gasteiger partial charge < -0.3 is 0 Å². The molecule has 0 aliphatic rings. The monoisotopic (exact) mass is 690 g/mol. The molecule has 0 fully saturated rings. The van der Waals surface area contributed by atoms with E-state index in [1.54, 1.807) is 0 Å². The van der Waals surface area contributed by atoms with Gasteiger partial charge in [0.05, 0.1) is 0 Å². The summed E-state index contributed by atoms with van der Waals surface area (Å²) in [5.74, 6) is 0. The molecule has 0 spiro atoms. The van der Waals surface area contributed by atoms with E-state index in [1.165, 1.54) is 289 Å². The van der Waals surface area contributed by atoms with Crippen LogP contribution in [0.3, 0.4) is 0 Å². The average Bonchev–Trinajstić information content (AvgIpc) is 3.11. The maximum Gasteiger partial charge on any atom is 0.122 e. The SMILES string of the molecule is CCCCCCCCCCCCCCCC[N+](CCCCCCCCCCCCCCCC)CCCCCCCCCCCCCCCC. The summed E-state index contributed by atoms with van der Waals surface area (Å²) in [5, 5.41) is 0. The lowest BCUT2D eigenvalue weighted by Crippen LogP contribution is -2.33. The molecule has 49 heavy (non-hydrogen) atoms. The number of nitrogens with zero attached hydrogens (tertiary/aromatic N) is 1. The first-order valence-electron chi connectivity index (χ1n) is 24.1. The van der Waals surface area contributed by atoms with E-state index in [-0.39, 0.29) is 0 Å². The van der Waals surface area contributed by atoms with E-state index in [2.05, 4.69) is 25.7 Å². The highest BCUT2D eigenvalue weighted by Gasteiger charge is 2.13. The second-order valence-corrected chi connectivity index (χ2v) is 16.6. The highest BCUT2D eigenvalue weighted by atomic mass is 15.1. The predicted octanol–water partition coefficient (Wildman–Crippen LogP) is 17.6. The Labute approximate surface area is 314 Å². The zero-order valence-corrected chi connectivity index (χ0v) is 35.3. The van der Waals surface area contributed by atoms with E-state index in [0.717, 1.165) is 0 Å². The molecule has 0 saturated heterocycles. The molecule has 295 valence electrons. The summed E-state index contributed by atoms with van der Waals surface area (Å²) in [4.78, 5) is 2.88. The second-order valence-electron chi connectivity index (χ2n) is 16.6. The predicted molar refractivity (Wildman–Crippen MR) is 228 cm³/mol. The molecule has 0 atom stereocenters. The zero-order valence-electron chi connectivity index (χ0n) is 35.3. The lowest BCUT2D eigenvalue weighted by Gasteiger charge is -2.13. The van der Waals surface area contributed by atoms with Crippen molar-refractivity contribution in [3.8, 4) is 0 Å². The van der Waals surface area contributed by atoms with Crippen molar-refractivity contribution in [1.29, 1.82) is 0 Å². The van der Waals surface area contributed by atoms with Gasteiger partial charge in [-0.15, -0.1) is 0 Å². The highest BCUT2D eigenvalue weighted by Crippen LogP contribution is 2.16. The molecule has 1 heteroatoms. The molecule has 0 aliphatic carbocycles. The van der Waals surface area contributed by atoms with Gasteiger partial charge in [-0.1, -0.05) is 252 Å². The second kappa shape index (κ2) is 46.0. The van der Waals surface area contributed by atoms with Crippen LogP contribution < -0.4 is 4.90 Å². The van der Waals surface area contributed by atoms with E-state index < -0.39 is 0 Å². The Kier molecular flexibility index (Phi) is 45.9. The van der Waals surface area contributed by atoms with Gasteiger partial charge in [-0.3, -0.25) is 0 Å². The summed E-state index contributed by atoms with van der Waals surface area (Å²) in [6.45, 7) is 11.1. The van der Waals surface area contributed by atoms with E-state index in [1.807, 2.05) is 0 Å². The van der Waals surface area contributed by atoms with Crippen LogP contribution in [0.1, 0.15) is 290 Å². The molecular weight excluding hydrogens is 591 g/mol. The number of rotatable bonds is 45. The Balaban J connectivity index is 3.93. The van der Waals surface area contributed by atoms with Crippen LogP contribution in [0.25, 0.3) is 0 Å². The first-order chi connectivity index (χ1) is 24.3. The zero-order chi connectivity index (χ0) is 35.4. The van der Waals surface area contributed by atoms with Crippen LogP contribution in [-0.2, 0) is 0 Å². The molecule has 1 nitrogen and oxygen atoms in total. The summed E-state index contributed by atoms with van der Waals surface area (Å²) in [6, 6.07) is 0. The highest BCUT2D eigenvalue weighted by molar-refractivity contribution is 4.66. The molecule has 0 unspecified atom stereocenters. The number of hydrogen-bond acceptors (Lipinski definition) is 1. The molecule has 0 amide bonds. The van der Waals surface area contributed by atoms with Crippen LogP contribution in [-0.4, -0.2) is 19.6 Å². The van der Waals surface area contributed by atoms with Gasteiger partial charge in [0.15, 0.2) is 0 Å². The summed E-state index contributed by atoms with van der Waals surface area (Å²) < 4.78 is 0. The van der Waals surface area contributed by atoms with Gasteiger partial charge in [-0.2, -0.15) is 4.90 Å². The van der Waals surface area contributed by atoms with Crippen molar-refractivity contribution in [1.82, 2.24) is 4.90 Å². The van der Waals surface area contributed by atoms with Crippen molar-refractivity contribution in [3.05, 3.63) is 0 Å². The number of hydrogen-bond donors (Lipinski definition) is 0. The number of unbranched alkanes of at least 4 members (excludes halogenated alkanes) is 39. The molecular formula is C48H99N+. The van der Waals surface area contributed by atoms with Crippen molar-refractivity contribution in [2.75, 3.05) is 19.6 Å². The van der Waals surface area contributed by atoms with Crippen molar-refractivity contribution in [2.45, 2.75) is 290 Å². The van der Waals surface area contributed by atoms with Gasteiger partial charge in [-0.25, -0.2) is 0 Å². The minimum absolute atomic E-state index is 1.37. The fraction of sp³-hybridized carbons (Fsp3) is 1.00. The third-order valence-electron chi connectivity index (χ3n) is 11.5. The summed E-state index contributed by atoms with van der Waals surface area (Å²) in [6.07, 6.45) is 61.6. The van der Waals surface area contributed by atoms with Crippen LogP contribution in [0.5, 0.6) is 0 Å². The van der Waals surface area contributed by atoms with Crippen LogP contribution >= 0.6 is 0 Å². The fourth-order valence-corrected chi connectivity index (χ4v) is 7.93.